The maximum absolute atomic E-state index is 12.4. The van der Waals surface area contributed by atoms with Crippen LogP contribution in [0.3, 0.4) is 0 Å². The lowest BCUT2D eigenvalue weighted by atomic mass is 9.83. The molecule has 1 aromatic heterocycles. The Morgan fingerprint density at radius 1 is 0.576 bits per heavy atom. The van der Waals surface area contributed by atoms with Crippen LogP contribution < -0.4 is 5.43 Å². The third-order valence-corrected chi connectivity index (χ3v) is 7.03. The highest BCUT2D eigenvalue weighted by atomic mass is 32.1. The highest BCUT2D eigenvalue weighted by Gasteiger charge is 2.29. The normalized spacial score (nSPS) is 12.2. The molecule has 0 saturated heterocycles. The Balaban J connectivity index is 0.000000140. The van der Waals surface area contributed by atoms with E-state index >= 15 is 0 Å². The molecule has 4 aromatic carbocycles. The first-order valence-corrected chi connectivity index (χ1v) is 11.6. The second-order valence-corrected chi connectivity index (χ2v) is 8.94. The molecule has 0 bridgehead atoms. The molecule has 0 N–H and O–H groups in total. The minimum absolute atomic E-state index is 0.0458. The summed E-state index contributed by atoms with van der Waals surface area (Å²) in [6.45, 7) is 2.03. The van der Waals surface area contributed by atoms with E-state index in [1.807, 2.05) is 67.6 Å². The molecule has 1 aliphatic rings. The van der Waals surface area contributed by atoms with E-state index in [-0.39, 0.29) is 17.0 Å². The molecule has 0 fully saturated rings. The largest absolute Gasteiger partial charge is 0.289 e. The molecule has 0 amide bonds. The van der Waals surface area contributed by atoms with Crippen LogP contribution in [0.2, 0.25) is 0 Å². The van der Waals surface area contributed by atoms with E-state index in [1.165, 1.54) is 0 Å². The Kier molecular flexibility index (Phi) is 5.45. The zero-order valence-electron chi connectivity index (χ0n) is 18.0. The lowest BCUT2D eigenvalue weighted by Crippen LogP contribution is -2.20. The van der Waals surface area contributed by atoms with Gasteiger partial charge in [0.05, 0.1) is 0 Å². The Hall–Kier alpha value is -3.89. The predicted octanol–water partition coefficient (Wildman–Crippen LogP) is 6.44. The molecule has 0 radical (unpaired) electrons. The van der Waals surface area contributed by atoms with E-state index in [0.29, 0.717) is 22.3 Å². The molecule has 0 atom stereocenters. The standard InChI is InChI=1S/C16H12O2.C13H8OS/c1-2-10-7-8-13-14(9-10)16(18)12-6-4-3-5-11(12)15(13)17;14-13-9-5-1-3-7-11(9)15-12-8-4-2-6-10(12)13/h3-9H,2H2,1H3;1-8H. The van der Waals surface area contributed by atoms with Crippen molar-refractivity contribution in [2.24, 2.45) is 0 Å². The summed E-state index contributed by atoms with van der Waals surface area (Å²) < 4.78 is 2.11. The van der Waals surface area contributed by atoms with Crippen LogP contribution >= 0.6 is 11.3 Å². The number of ketones is 2. The first-order valence-electron chi connectivity index (χ1n) is 10.8. The summed E-state index contributed by atoms with van der Waals surface area (Å²) in [6.07, 6.45) is 0.858. The Labute approximate surface area is 195 Å². The van der Waals surface area contributed by atoms with E-state index in [1.54, 1.807) is 41.7 Å². The fraction of sp³-hybridized carbons (Fsp3) is 0.0690. The van der Waals surface area contributed by atoms with E-state index in [9.17, 15) is 14.4 Å². The highest BCUT2D eigenvalue weighted by molar-refractivity contribution is 7.24. The lowest BCUT2D eigenvalue weighted by molar-refractivity contribution is 0.0979. The van der Waals surface area contributed by atoms with Crippen molar-refractivity contribution in [2.75, 3.05) is 0 Å². The molecular weight excluding hydrogens is 428 g/mol. The van der Waals surface area contributed by atoms with Crippen molar-refractivity contribution >= 4 is 43.1 Å². The van der Waals surface area contributed by atoms with Crippen molar-refractivity contribution < 1.29 is 9.59 Å². The number of benzene rings is 4. The summed E-state index contributed by atoms with van der Waals surface area (Å²) in [7, 11) is 0. The quantitative estimate of drug-likeness (QED) is 0.272. The molecule has 0 saturated carbocycles. The number of rotatable bonds is 1. The van der Waals surface area contributed by atoms with Gasteiger partial charge in [-0.25, -0.2) is 0 Å². The topological polar surface area (TPSA) is 51.2 Å². The van der Waals surface area contributed by atoms with E-state index < -0.39 is 0 Å². The second kappa shape index (κ2) is 8.57. The molecule has 3 nitrogen and oxygen atoms in total. The number of hydrogen-bond acceptors (Lipinski definition) is 4. The van der Waals surface area contributed by atoms with Crippen LogP contribution in [-0.2, 0) is 6.42 Å². The van der Waals surface area contributed by atoms with Crippen LogP contribution in [0.1, 0.15) is 44.3 Å². The second-order valence-electron chi connectivity index (χ2n) is 7.86. The van der Waals surface area contributed by atoms with Gasteiger partial charge in [-0.1, -0.05) is 67.6 Å². The zero-order valence-corrected chi connectivity index (χ0v) is 18.8. The van der Waals surface area contributed by atoms with Crippen LogP contribution in [0.5, 0.6) is 0 Å². The van der Waals surface area contributed by atoms with Gasteiger partial charge in [-0.15, -0.1) is 11.3 Å². The summed E-state index contributed by atoms with van der Waals surface area (Å²) in [6, 6.07) is 28.0. The molecular formula is C29H20O3S. The first-order chi connectivity index (χ1) is 16.1. The van der Waals surface area contributed by atoms with Gasteiger partial charge in [0.25, 0.3) is 0 Å². The number of carbonyl (C=O) groups is 2. The molecule has 0 aliphatic heterocycles. The van der Waals surface area contributed by atoms with Crippen molar-refractivity contribution in [3.8, 4) is 0 Å². The lowest BCUT2D eigenvalue weighted by Gasteiger charge is -2.17. The summed E-state index contributed by atoms with van der Waals surface area (Å²) in [5, 5.41) is 1.64. The zero-order chi connectivity index (χ0) is 22.9. The van der Waals surface area contributed by atoms with Crippen molar-refractivity contribution in [1.29, 1.82) is 0 Å². The smallest absolute Gasteiger partial charge is 0.195 e. The number of hydrogen-bond donors (Lipinski definition) is 0. The number of fused-ring (bicyclic) bond motifs is 4. The van der Waals surface area contributed by atoms with Crippen LogP contribution in [-0.4, -0.2) is 11.6 Å². The maximum Gasteiger partial charge on any atom is 0.195 e. The molecule has 0 unspecified atom stereocenters. The average molecular weight is 449 g/mol. The summed E-state index contributed by atoms with van der Waals surface area (Å²) in [5.41, 5.74) is 3.31. The minimum Gasteiger partial charge on any atom is -0.289 e. The summed E-state index contributed by atoms with van der Waals surface area (Å²) in [5.74, 6) is -0.0987. The van der Waals surface area contributed by atoms with Gasteiger partial charge in [0.15, 0.2) is 17.0 Å². The van der Waals surface area contributed by atoms with Gasteiger partial charge in [-0.05, 0) is 42.3 Å². The summed E-state index contributed by atoms with van der Waals surface area (Å²) >= 11 is 1.67. The van der Waals surface area contributed by atoms with Crippen LogP contribution in [0, 0.1) is 0 Å². The van der Waals surface area contributed by atoms with E-state index in [2.05, 4.69) is 0 Å². The highest BCUT2D eigenvalue weighted by Crippen LogP contribution is 2.28. The Bertz CT molecular complexity index is 1550. The van der Waals surface area contributed by atoms with Gasteiger partial charge in [0.2, 0.25) is 0 Å². The Morgan fingerprint density at radius 2 is 1.06 bits per heavy atom. The minimum atomic E-state index is -0.0529. The fourth-order valence-corrected chi connectivity index (χ4v) is 5.19. The van der Waals surface area contributed by atoms with Gasteiger partial charge in [0, 0.05) is 42.4 Å². The molecule has 1 heterocycles. The average Bonchev–Trinajstić information content (AvgIpc) is 2.87. The van der Waals surface area contributed by atoms with E-state index in [4.69, 9.17) is 0 Å². The monoisotopic (exact) mass is 448 g/mol. The number of carbonyl (C=O) groups excluding carboxylic acids is 2. The predicted molar refractivity (Wildman–Crippen MR) is 135 cm³/mol. The van der Waals surface area contributed by atoms with Crippen LogP contribution in [0.15, 0.2) is 95.8 Å². The van der Waals surface area contributed by atoms with Crippen molar-refractivity contribution in [3.63, 3.8) is 0 Å². The fourth-order valence-electron chi connectivity index (χ4n) is 4.12. The SMILES string of the molecule is CCc1ccc2c(c1)C(=O)c1ccccc1C2=O.O=c1c2ccccc2sc2ccccc12. The maximum atomic E-state index is 12.4. The molecule has 33 heavy (non-hydrogen) atoms. The molecule has 160 valence electrons. The van der Waals surface area contributed by atoms with Crippen molar-refractivity contribution in [1.82, 2.24) is 0 Å². The van der Waals surface area contributed by atoms with Gasteiger partial charge in [-0.2, -0.15) is 0 Å². The van der Waals surface area contributed by atoms with E-state index in [0.717, 1.165) is 32.2 Å². The summed E-state index contributed by atoms with van der Waals surface area (Å²) in [4.78, 5) is 36.8. The van der Waals surface area contributed by atoms with Crippen LogP contribution in [0.25, 0.3) is 20.2 Å². The third kappa shape index (κ3) is 3.69. The van der Waals surface area contributed by atoms with Gasteiger partial charge in [0.1, 0.15) is 0 Å². The molecule has 1 aliphatic carbocycles. The van der Waals surface area contributed by atoms with Crippen LogP contribution in [0.4, 0.5) is 0 Å². The molecule has 4 heteroatoms. The molecule has 5 aromatic rings. The van der Waals surface area contributed by atoms with Gasteiger partial charge >= 0.3 is 0 Å². The third-order valence-electron chi connectivity index (χ3n) is 5.88. The van der Waals surface area contributed by atoms with Crippen molar-refractivity contribution in [3.05, 3.63) is 129 Å². The Morgan fingerprint density at radius 3 is 1.64 bits per heavy atom. The molecule has 6 rings (SSSR count). The van der Waals surface area contributed by atoms with Gasteiger partial charge in [-0.3, -0.25) is 14.4 Å². The van der Waals surface area contributed by atoms with Crippen molar-refractivity contribution in [2.45, 2.75) is 13.3 Å². The number of aryl methyl sites for hydroxylation is 1. The van der Waals surface area contributed by atoms with Gasteiger partial charge < -0.3 is 0 Å². The molecule has 0 spiro atoms. The first kappa shape index (κ1) is 21.0.